The number of amides is 1. The molecule has 7 atom stereocenters. The van der Waals surface area contributed by atoms with E-state index in [-0.39, 0.29) is 24.4 Å². The van der Waals surface area contributed by atoms with Gasteiger partial charge in [-0.15, -0.1) is 0 Å². The van der Waals surface area contributed by atoms with Crippen molar-refractivity contribution in [2.75, 3.05) is 43.4 Å². The number of fused-ring (bicyclic) bond motifs is 4. The third-order valence-corrected chi connectivity index (χ3v) is 16.5. The lowest BCUT2D eigenvalue weighted by Gasteiger charge is -2.48. The summed E-state index contributed by atoms with van der Waals surface area (Å²) in [4.78, 5) is 84.0. The average molecular weight is 1050 g/mol. The minimum Gasteiger partial charge on any atom is -0.452 e. The van der Waals surface area contributed by atoms with Crippen molar-refractivity contribution in [3.63, 3.8) is 0 Å². The summed E-state index contributed by atoms with van der Waals surface area (Å²) in [5.41, 5.74) is 0.262. The molecule has 4 aliphatic rings. The van der Waals surface area contributed by atoms with Gasteiger partial charge in [-0.3, -0.25) is 28.2 Å². The number of aryl methyl sites for hydroxylation is 1. The van der Waals surface area contributed by atoms with E-state index in [9.17, 15) is 61.0 Å². The Hall–Kier alpha value is -4.27. The number of hydrogen-bond donors (Lipinski definition) is 9. The van der Waals surface area contributed by atoms with Gasteiger partial charge in [0.05, 0.1) is 24.0 Å². The first-order valence-corrected chi connectivity index (χ1v) is 27.6. The molecule has 0 aliphatic carbocycles. The van der Waals surface area contributed by atoms with Gasteiger partial charge in [0.2, 0.25) is 11.3 Å². The van der Waals surface area contributed by atoms with Crippen LogP contribution in [0, 0.1) is 0 Å². The number of ether oxygens (including phenoxy) is 2. The van der Waals surface area contributed by atoms with Gasteiger partial charge in [0, 0.05) is 60.9 Å². The summed E-state index contributed by atoms with van der Waals surface area (Å²) in [6, 6.07) is 7.69. The second kappa shape index (κ2) is 20.1. The molecule has 0 radical (unpaired) electrons. The maximum Gasteiger partial charge on any atom is 0.490 e. The molecule has 1 aromatic heterocycles. The molecule has 0 spiro atoms. The molecule has 69 heavy (non-hydrogen) atoms. The number of aliphatic hydroxyl groups is 2. The van der Waals surface area contributed by atoms with Crippen molar-refractivity contribution in [2.45, 2.75) is 88.9 Å². The van der Waals surface area contributed by atoms with Gasteiger partial charge in [-0.25, -0.2) is 28.1 Å². The van der Waals surface area contributed by atoms with E-state index >= 15 is 0 Å². The molecule has 30 heteroatoms. The number of phosphoric ester groups is 1. The molecular weight excluding hydrogens is 997 g/mol. The number of H-pyrrole nitrogens is 1. The van der Waals surface area contributed by atoms with Crippen LogP contribution in [-0.4, -0.2) is 121 Å². The van der Waals surface area contributed by atoms with Crippen molar-refractivity contribution in [1.82, 2.24) is 19.4 Å². The molecule has 1 fully saturated rings. The Morgan fingerprint density at radius 2 is 1.80 bits per heavy atom. The van der Waals surface area contributed by atoms with E-state index in [4.69, 9.17) is 24.3 Å². The number of carbonyl (C=O) groups is 1. The number of aromatic nitrogens is 2. The molecule has 2 aromatic carbocycles. The third-order valence-electron chi connectivity index (χ3n) is 11.9. The van der Waals surface area contributed by atoms with Gasteiger partial charge in [0.1, 0.15) is 42.4 Å². The van der Waals surface area contributed by atoms with E-state index in [1.54, 1.807) is 0 Å². The van der Waals surface area contributed by atoms with Crippen molar-refractivity contribution < 1.29 is 83.9 Å². The topological polar surface area (TPSA) is 376 Å². The first kappa shape index (κ1) is 52.6. The Morgan fingerprint density at radius 1 is 1.06 bits per heavy atom. The molecule has 0 saturated carbocycles. The summed E-state index contributed by atoms with van der Waals surface area (Å²) in [6.45, 7) is 6.92. The molecule has 3 aromatic rings. The number of aromatic amines is 1. The summed E-state index contributed by atoms with van der Waals surface area (Å²) in [6.07, 6.45) is -0.999. The maximum absolute atomic E-state index is 13.1. The zero-order valence-corrected chi connectivity index (χ0v) is 40.7. The molecule has 4 aliphatic heterocycles. The SMILES string of the molecule is CC[N+]1=c2cc3c(cc2CCC1)=Nc1cc2c(cc1O3)N(CCCC(=O)NC/C=C/c1cn([C@@H]3O[C@H](COP(=O)(O)OP(=O)(O)OP(=O)(O)O)[C@@H](O)[C@H]3O)c(=O)[nH]c1=O)C(C)(C)CC2CS(=O)(=O)O. The van der Waals surface area contributed by atoms with Crippen LogP contribution in [0.4, 0.5) is 11.4 Å². The van der Waals surface area contributed by atoms with Crippen LogP contribution in [0.2, 0.25) is 0 Å². The number of hydrogen-bond acceptors (Lipinski definition) is 17. The van der Waals surface area contributed by atoms with Gasteiger partial charge >= 0.3 is 29.2 Å². The van der Waals surface area contributed by atoms with Crippen molar-refractivity contribution in [3.05, 3.63) is 84.8 Å². The molecule has 0 bridgehead atoms. The van der Waals surface area contributed by atoms with Crippen molar-refractivity contribution in [3.8, 4) is 11.5 Å². The van der Waals surface area contributed by atoms with Crippen LogP contribution in [0.15, 0.2) is 51.1 Å². The predicted molar refractivity (Wildman–Crippen MR) is 242 cm³/mol. The van der Waals surface area contributed by atoms with Crippen LogP contribution in [0.1, 0.15) is 75.3 Å². The van der Waals surface area contributed by atoms with Crippen LogP contribution in [-0.2, 0) is 52.9 Å². The Bertz CT molecular complexity index is 3070. The van der Waals surface area contributed by atoms with E-state index in [2.05, 4.69) is 34.9 Å². The van der Waals surface area contributed by atoms with Gasteiger partial charge in [0.25, 0.3) is 15.7 Å². The minimum absolute atomic E-state index is 0.0569. The molecule has 7 rings (SSSR count). The van der Waals surface area contributed by atoms with Gasteiger partial charge in [-0.1, -0.05) is 12.2 Å². The molecule has 3 unspecified atom stereocenters. The molecule has 1 saturated heterocycles. The smallest absolute Gasteiger partial charge is 0.452 e. The molecule has 378 valence electrons. The van der Waals surface area contributed by atoms with Crippen molar-refractivity contribution in [1.29, 1.82) is 0 Å². The summed E-state index contributed by atoms with van der Waals surface area (Å²) >= 11 is 0. The standard InChI is InChI=1S/C39H51N6O20P3S/c1-4-43-12-6-9-22-14-26-30(16-28(22)43)62-31-17-29-25(15-27(31)41-26)24(21-69(58,59)60)18-39(2,3)45(29)13-7-10-33(46)40-11-5-8-23-19-44(38(50)42-36(23)49)37-35(48)34(47)32(63-37)20-61-67(54,55)65-68(56,57)64-66(51,52)53/h5,8,14-17,19,24,32,34-35,37,47-48H,4,6-7,9-13,18,20-21H2,1-3H3,(H6-,40,42,46,49,50,51,52,53,54,55,56,57,58,59,60)/p+1/b8-5+/t24?,32-,34-,35-,37-/m1/s1. The van der Waals surface area contributed by atoms with Crippen LogP contribution in [0.3, 0.4) is 0 Å². The maximum atomic E-state index is 13.1. The number of anilines is 1. The summed E-state index contributed by atoms with van der Waals surface area (Å²) in [7, 11) is -21.5. The highest BCUT2D eigenvalue weighted by molar-refractivity contribution is 7.85. The number of carbonyl (C=O) groups excluding carboxylic acids is 1. The van der Waals surface area contributed by atoms with Gasteiger partial charge in [-0.05, 0) is 57.7 Å². The van der Waals surface area contributed by atoms with Crippen LogP contribution in [0.5, 0.6) is 11.5 Å². The molecular formula is C39H52N6O20P3S+. The fraction of sp³-hybridized carbons (Fsp3) is 0.513. The molecule has 9 N–H and O–H groups in total. The number of phosphoric acid groups is 3. The summed E-state index contributed by atoms with van der Waals surface area (Å²) in [5.74, 6) is -0.341. The Labute approximate surface area is 392 Å². The lowest BCUT2D eigenvalue weighted by molar-refractivity contribution is -0.120. The second-order valence-corrected chi connectivity index (χ2v) is 23.2. The fourth-order valence-electron chi connectivity index (χ4n) is 8.92. The second-order valence-electron chi connectivity index (χ2n) is 17.3. The third kappa shape index (κ3) is 12.6. The van der Waals surface area contributed by atoms with Gasteiger partial charge in [-0.2, -0.15) is 17.0 Å². The number of rotatable bonds is 18. The van der Waals surface area contributed by atoms with Crippen LogP contribution < -0.4 is 41.5 Å². The van der Waals surface area contributed by atoms with Crippen LogP contribution >= 0.6 is 23.5 Å². The first-order chi connectivity index (χ1) is 32.1. The van der Waals surface area contributed by atoms with E-state index in [0.717, 1.165) is 37.5 Å². The Morgan fingerprint density at radius 3 is 2.49 bits per heavy atom. The van der Waals surface area contributed by atoms with E-state index in [0.29, 0.717) is 57.7 Å². The zero-order valence-electron chi connectivity index (χ0n) is 37.2. The first-order valence-electron chi connectivity index (χ1n) is 21.4. The van der Waals surface area contributed by atoms with Gasteiger partial charge < -0.3 is 49.5 Å². The predicted octanol–water partition coefficient (Wildman–Crippen LogP) is 0.583. The lowest BCUT2D eigenvalue weighted by Crippen LogP contribution is -2.50. The Balaban J connectivity index is 0.986. The Kier molecular flexibility index (Phi) is 15.3. The van der Waals surface area contributed by atoms with Crippen LogP contribution in [0.25, 0.3) is 6.08 Å². The highest BCUT2D eigenvalue weighted by atomic mass is 32.2. The van der Waals surface area contributed by atoms with E-state index < -0.39 is 93.2 Å². The van der Waals surface area contributed by atoms with E-state index in [1.165, 1.54) is 17.7 Å². The van der Waals surface area contributed by atoms with Crippen molar-refractivity contribution >= 4 is 56.9 Å². The summed E-state index contributed by atoms with van der Waals surface area (Å²) in [5, 5.41) is 25.6. The number of nitrogens with zero attached hydrogens (tertiary/aromatic N) is 4. The number of aliphatic hydroxyl groups excluding tert-OH is 2. The van der Waals surface area contributed by atoms with Gasteiger partial charge in [0.15, 0.2) is 17.7 Å². The molecule has 5 heterocycles. The summed E-state index contributed by atoms with van der Waals surface area (Å²) < 4.78 is 95.7. The quantitative estimate of drug-likeness (QED) is 0.0374. The lowest BCUT2D eigenvalue weighted by atomic mass is 9.79. The largest absolute Gasteiger partial charge is 0.490 e. The normalized spacial score (nSPS) is 23.7. The minimum atomic E-state index is -5.86. The fourth-order valence-corrected chi connectivity index (χ4v) is 12.8. The average Bonchev–Trinajstić information content (AvgIpc) is 3.50. The molecule has 26 nitrogen and oxygen atoms in total. The van der Waals surface area contributed by atoms with E-state index in [1.807, 2.05) is 43.1 Å². The number of benzene rings is 2. The zero-order chi connectivity index (χ0) is 50.4. The number of nitrogens with one attached hydrogen (secondary N) is 2. The monoisotopic (exact) mass is 1050 g/mol. The van der Waals surface area contributed by atoms with Crippen molar-refractivity contribution in [2.24, 2.45) is 4.99 Å². The molecule has 1 amide bonds. The highest BCUT2D eigenvalue weighted by Gasteiger charge is 2.47. The highest BCUT2D eigenvalue weighted by Crippen LogP contribution is 2.66.